The number of ether oxygens (including phenoxy) is 1. The van der Waals surface area contributed by atoms with Gasteiger partial charge in [-0.1, -0.05) is 35.9 Å². The highest BCUT2D eigenvalue weighted by atomic mass is 35.5. The van der Waals surface area contributed by atoms with Crippen molar-refractivity contribution < 1.29 is 9.53 Å². The number of amides is 1. The zero-order chi connectivity index (χ0) is 15.4. The summed E-state index contributed by atoms with van der Waals surface area (Å²) in [5.74, 6) is 0.260. The van der Waals surface area contributed by atoms with E-state index in [-0.39, 0.29) is 5.91 Å². The molecule has 0 fully saturated rings. The third kappa shape index (κ3) is 3.28. The minimum atomic E-state index is -0.204. The molecule has 2 N–H and O–H groups in total. The second kappa shape index (κ2) is 6.50. The summed E-state index contributed by atoms with van der Waals surface area (Å²) in [4.78, 5) is 14.1. The summed E-state index contributed by atoms with van der Waals surface area (Å²) in [5.41, 5.74) is 7.55. The maximum absolute atomic E-state index is 12.6. The van der Waals surface area contributed by atoms with Gasteiger partial charge in [0.1, 0.15) is 11.3 Å². The zero-order valence-corrected chi connectivity index (χ0v) is 12.7. The predicted octanol–water partition coefficient (Wildman–Crippen LogP) is 3.20. The van der Waals surface area contributed by atoms with Crippen molar-refractivity contribution in [2.45, 2.75) is 6.54 Å². The predicted molar refractivity (Wildman–Crippen MR) is 84.7 cm³/mol. The molecule has 0 unspecified atom stereocenters. The lowest BCUT2D eigenvalue weighted by Gasteiger charge is -2.20. The number of hydrogen-bond donors (Lipinski definition) is 1. The van der Waals surface area contributed by atoms with Crippen LogP contribution >= 0.6 is 11.6 Å². The van der Waals surface area contributed by atoms with Crippen molar-refractivity contribution in [3.8, 4) is 5.75 Å². The van der Waals surface area contributed by atoms with Gasteiger partial charge in [-0.25, -0.2) is 0 Å². The first-order valence-corrected chi connectivity index (χ1v) is 6.83. The first-order chi connectivity index (χ1) is 10.0. The van der Waals surface area contributed by atoms with Gasteiger partial charge in [0, 0.05) is 24.3 Å². The Bertz CT molecular complexity index is 658. The van der Waals surface area contributed by atoms with E-state index in [4.69, 9.17) is 22.1 Å². The summed E-state index contributed by atoms with van der Waals surface area (Å²) in [6.07, 6.45) is 0. The standard InChI is InChI=1S/C16H17ClN2O2/c1-19(10-11-6-3-4-7-12(11)17)16(20)15-13(18)8-5-9-14(15)21-2/h3-9H,10,18H2,1-2H3. The molecule has 0 bridgehead atoms. The van der Waals surface area contributed by atoms with Crippen LogP contribution in [0.4, 0.5) is 5.69 Å². The van der Waals surface area contributed by atoms with Crippen LogP contribution in [0.3, 0.4) is 0 Å². The largest absolute Gasteiger partial charge is 0.496 e. The van der Waals surface area contributed by atoms with Gasteiger partial charge >= 0.3 is 0 Å². The fraction of sp³-hybridized carbons (Fsp3) is 0.188. The third-order valence-corrected chi connectivity index (χ3v) is 3.57. The summed E-state index contributed by atoms with van der Waals surface area (Å²) >= 11 is 6.12. The average molecular weight is 305 g/mol. The van der Waals surface area contributed by atoms with Gasteiger partial charge in [-0.15, -0.1) is 0 Å². The van der Waals surface area contributed by atoms with Crippen molar-refractivity contribution in [2.24, 2.45) is 0 Å². The van der Waals surface area contributed by atoms with Crippen LogP contribution in [0.15, 0.2) is 42.5 Å². The Balaban J connectivity index is 2.26. The van der Waals surface area contributed by atoms with Gasteiger partial charge in [0.05, 0.1) is 7.11 Å². The highest BCUT2D eigenvalue weighted by Crippen LogP contribution is 2.26. The Morgan fingerprint density at radius 2 is 1.95 bits per heavy atom. The molecule has 0 aromatic heterocycles. The second-order valence-corrected chi connectivity index (χ2v) is 5.08. The van der Waals surface area contributed by atoms with Crippen molar-refractivity contribution in [2.75, 3.05) is 19.9 Å². The molecular weight excluding hydrogens is 288 g/mol. The van der Waals surface area contributed by atoms with E-state index in [0.29, 0.717) is 28.6 Å². The molecule has 0 saturated carbocycles. The SMILES string of the molecule is COc1cccc(N)c1C(=O)N(C)Cc1ccccc1Cl. The second-order valence-electron chi connectivity index (χ2n) is 4.68. The van der Waals surface area contributed by atoms with Gasteiger partial charge in [-0.3, -0.25) is 4.79 Å². The Labute approximate surface area is 129 Å². The van der Waals surface area contributed by atoms with Crippen molar-refractivity contribution in [3.63, 3.8) is 0 Å². The molecule has 0 aliphatic rings. The molecule has 0 aliphatic carbocycles. The fourth-order valence-corrected chi connectivity index (χ4v) is 2.29. The lowest BCUT2D eigenvalue weighted by molar-refractivity contribution is 0.0783. The van der Waals surface area contributed by atoms with Gasteiger partial charge in [0.25, 0.3) is 5.91 Å². The monoisotopic (exact) mass is 304 g/mol. The molecule has 0 saturated heterocycles. The molecule has 5 heteroatoms. The van der Waals surface area contributed by atoms with Crippen LogP contribution < -0.4 is 10.5 Å². The molecule has 0 atom stereocenters. The number of anilines is 1. The number of nitrogens with two attached hydrogens (primary N) is 1. The van der Waals surface area contributed by atoms with Crippen molar-refractivity contribution in [1.29, 1.82) is 0 Å². The van der Waals surface area contributed by atoms with E-state index in [0.717, 1.165) is 5.56 Å². The Morgan fingerprint density at radius 3 is 2.62 bits per heavy atom. The number of hydrogen-bond acceptors (Lipinski definition) is 3. The van der Waals surface area contributed by atoms with Crippen LogP contribution in [0.2, 0.25) is 5.02 Å². The highest BCUT2D eigenvalue weighted by Gasteiger charge is 2.20. The number of halogens is 1. The summed E-state index contributed by atoms with van der Waals surface area (Å²) in [7, 11) is 3.22. The van der Waals surface area contributed by atoms with Gasteiger partial charge in [-0.05, 0) is 23.8 Å². The van der Waals surface area contributed by atoms with E-state index in [1.807, 2.05) is 18.2 Å². The summed E-state index contributed by atoms with van der Waals surface area (Å²) in [5, 5.41) is 0.630. The molecule has 1 amide bonds. The van der Waals surface area contributed by atoms with Gasteiger partial charge in [-0.2, -0.15) is 0 Å². The van der Waals surface area contributed by atoms with Gasteiger partial charge in [0.15, 0.2) is 0 Å². The molecule has 2 aromatic rings. The Kier molecular flexibility index (Phi) is 4.70. The summed E-state index contributed by atoms with van der Waals surface area (Å²) < 4.78 is 5.22. The average Bonchev–Trinajstić information content (AvgIpc) is 2.48. The maximum atomic E-state index is 12.6. The van der Waals surface area contributed by atoms with Crippen molar-refractivity contribution >= 4 is 23.2 Å². The summed E-state index contributed by atoms with van der Waals surface area (Å²) in [6.45, 7) is 0.399. The first kappa shape index (κ1) is 15.2. The summed E-state index contributed by atoms with van der Waals surface area (Å²) in [6, 6.07) is 12.6. The van der Waals surface area contributed by atoms with Gasteiger partial charge < -0.3 is 15.4 Å². The van der Waals surface area contributed by atoms with E-state index in [1.165, 1.54) is 7.11 Å². The molecule has 21 heavy (non-hydrogen) atoms. The minimum Gasteiger partial charge on any atom is -0.496 e. The number of rotatable bonds is 4. The lowest BCUT2D eigenvalue weighted by atomic mass is 10.1. The number of benzene rings is 2. The van der Waals surface area contributed by atoms with Crippen LogP contribution in [0.25, 0.3) is 0 Å². The Hall–Kier alpha value is -2.20. The molecule has 0 radical (unpaired) electrons. The van der Waals surface area contributed by atoms with Crippen LogP contribution in [0.5, 0.6) is 5.75 Å². The van der Waals surface area contributed by atoms with Crippen LogP contribution in [-0.2, 0) is 6.54 Å². The number of nitrogens with zero attached hydrogens (tertiary/aromatic N) is 1. The highest BCUT2D eigenvalue weighted by molar-refractivity contribution is 6.31. The van der Waals surface area contributed by atoms with E-state index >= 15 is 0 Å². The zero-order valence-electron chi connectivity index (χ0n) is 12.0. The number of carbonyl (C=O) groups is 1. The molecule has 0 heterocycles. The quantitative estimate of drug-likeness (QED) is 0.883. The van der Waals surface area contributed by atoms with E-state index in [9.17, 15) is 4.79 Å². The molecule has 4 nitrogen and oxygen atoms in total. The number of carbonyl (C=O) groups excluding carboxylic acids is 1. The fourth-order valence-electron chi connectivity index (χ4n) is 2.09. The van der Waals surface area contributed by atoms with Crippen LogP contribution in [0.1, 0.15) is 15.9 Å². The minimum absolute atomic E-state index is 0.204. The first-order valence-electron chi connectivity index (χ1n) is 6.46. The normalized spacial score (nSPS) is 10.2. The van der Waals surface area contributed by atoms with E-state index in [1.54, 1.807) is 36.2 Å². The molecule has 0 spiro atoms. The van der Waals surface area contributed by atoms with Gasteiger partial charge in [0.2, 0.25) is 0 Å². The molecule has 2 aromatic carbocycles. The topological polar surface area (TPSA) is 55.6 Å². The number of methoxy groups -OCH3 is 1. The molecule has 0 aliphatic heterocycles. The molecular formula is C16H17ClN2O2. The smallest absolute Gasteiger partial charge is 0.259 e. The third-order valence-electron chi connectivity index (χ3n) is 3.20. The Morgan fingerprint density at radius 1 is 1.24 bits per heavy atom. The van der Waals surface area contributed by atoms with Crippen LogP contribution in [-0.4, -0.2) is 25.0 Å². The molecule has 2 rings (SSSR count). The number of nitrogen functional groups attached to an aromatic ring is 1. The van der Waals surface area contributed by atoms with E-state index < -0.39 is 0 Å². The maximum Gasteiger partial charge on any atom is 0.259 e. The molecule has 110 valence electrons. The van der Waals surface area contributed by atoms with E-state index in [2.05, 4.69) is 0 Å². The van der Waals surface area contributed by atoms with Crippen LogP contribution in [0, 0.1) is 0 Å². The lowest BCUT2D eigenvalue weighted by Crippen LogP contribution is -2.27. The van der Waals surface area contributed by atoms with Crippen molar-refractivity contribution in [3.05, 3.63) is 58.6 Å². The van der Waals surface area contributed by atoms with Crippen molar-refractivity contribution in [1.82, 2.24) is 4.90 Å².